The number of benzene rings is 1. The lowest BCUT2D eigenvalue weighted by molar-refractivity contribution is -0.149. The van der Waals surface area contributed by atoms with Crippen molar-refractivity contribution in [2.45, 2.75) is 44.8 Å². The number of fused-ring (bicyclic) bond motifs is 1. The predicted octanol–water partition coefficient (Wildman–Crippen LogP) is 2.30. The summed E-state index contributed by atoms with van der Waals surface area (Å²) in [6.07, 6.45) is 1.91. The van der Waals surface area contributed by atoms with Crippen LogP contribution in [0.3, 0.4) is 0 Å². The zero-order chi connectivity index (χ0) is 16.6. The Labute approximate surface area is 133 Å². The summed E-state index contributed by atoms with van der Waals surface area (Å²) in [5, 5.41) is 0. The maximum absolute atomic E-state index is 13.0. The Kier molecular flexibility index (Phi) is 4.15. The Hall–Kier alpha value is -2.24. The first-order chi connectivity index (χ1) is 11.0. The number of esters is 1. The molecular weight excluding hydrogens is 301 g/mol. The molecule has 1 heterocycles. The molecule has 0 N–H and O–H groups in total. The van der Waals surface area contributed by atoms with E-state index in [4.69, 9.17) is 4.74 Å². The number of likely N-dealkylation sites (tertiary alicyclic amines) is 1. The van der Waals surface area contributed by atoms with Gasteiger partial charge in [-0.3, -0.25) is 19.3 Å². The number of amides is 2. The minimum absolute atomic E-state index is 0.0130. The second-order valence-electron chi connectivity index (χ2n) is 6.07. The number of rotatable bonds is 2. The van der Waals surface area contributed by atoms with E-state index in [2.05, 4.69) is 0 Å². The number of ether oxygens (including phenoxy) is 1. The van der Waals surface area contributed by atoms with Gasteiger partial charge < -0.3 is 4.74 Å². The molecule has 3 unspecified atom stereocenters. The molecule has 23 heavy (non-hydrogen) atoms. The number of carbonyl (C=O) groups is 3. The molecule has 2 fully saturated rings. The standard InChI is InChI=1S/C17H18FNO4/c1-10(20)23-15-8-7-14-13(15)6-9-16(21)19(14)17(22)11-2-4-12(18)5-3-11/h2-5,13-15H,6-9H2,1H3. The van der Waals surface area contributed by atoms with Crippen LogP contribution < -0.4 is 0 Å². The van der Waals surface area contributed by atoms with Crippen molar-refractivity contribution in [2.24, 2.45) is 5.92 Å². The molecule has 6 heteroatoms. The molecule has 1 aliphatic heterocycles. The predicted molar refractivity (Wildman–Crippen MR) is 78.9 cm³/mol. The number of nitrogens with zero attached hydrogens (tertiary/aromatic N) is 1. The van der Waals surface area contributed by atoms with Crippen LogP contribution in [0.15, 0.2) is 24.3 Å². The van der Waals surface area contributed by atoms with Gasteiger partial charge in [0.1, 0.15) is 11.9 Å². The van der Waals surface area contributed by atoms with Crippen LogP contribution in [-0.2, 0) is 14.3 Å². The summed E-state index contributed by atoms with van der Waals surface area (Å²) >= 11 is 0. The molecule has 0 spiro atoms. The maximum atomic E-state index is 13.0. The van der Waals surface area contributed by atoms with Crippen molar-refractivity contribution in [3.8, 4) is 0 Å². The molecule has 2 aliphatic rings. The number of carbonyl (C=O) groups excluding carboxylic acids is 3. The van der Waals surface area contributed by atoms with E-state index in [-0.39, 0.29) is 41.9 Å². The third-order valence-corrected chi connectivity index (χ3v) is 4.64. The average molecular weight is 319 g/mol. The summed E-state index contributed by atoms with van der Waals surface area (Å²) in [5.41, 5.74) is 0.288. The lowest BCUT2D eigenvalue weighted by Crippen LogP contribution is -2.51. The Morgan fingerprint density at radius 2 is 1.87 bits per heavy atom. The van der Waals surface area contributed by atoms with E-state index in [1.807, 2.05) is 0 Å². The minimum Gasteiger partial charge on any atom is -0.462 e. The smallest absolute Gasteiger partial charge is 0.302 e. The van der Waals surface area contributed by atoms with E-state index < -0.39 is 11.7 Å². The zero-order valence-electron chi connectivity index (χ0n) is 12.8. The van der Waals surface area contributed by atoms with E-state index in [9.17, 15) is 18.8 Å². The molecule has 1 aromatic carbocycles. The fourth-order valence-corrected chi connectivity index (χ4v) is 3.66. The number of hydrogen-bond acceptors (Lipinski definition) is 4. The van der Waals surface area contributed by atoms with Crippen molar-refractivity contribution < 1.29 is 23.5 Å². The van der Waals surface area contributed by atoms with Crippen molar-refractivity contribution in [3.05, 3.63) is 35.6 Å². The van der Waals surface area contributed by atoms with Gasteiger partial charge in [-0.15, -0.1) is 0 Å². The quantitative estimate of drug-likeness (QED) is 0.620. The molecule has 122 valence electrons. The molecule has 0 aromatic heterocycles. The normalized spacial score (nSPS) is 26.8. The first kappa shape index (κ1) is 15.6. The molecule has 1 saturated heterocycles. The monoisotopic (exact) mass is 319 g/mol. The van der Waals surface area contributed by atoms with Gasteiger partial charge in [0.25, 0.3) is 5.91 Å². The van der Waals surface area contributed by atoms with E-state index in [1.165, 1.54) is 36.1 Å². The van der Waals surface area contributed by atoms with Gasteiger partial charge in [0.15, 0.2) is 0 Å². The van der Waals surface area contributed by atoms with Gasteiger partial charge in [0, 0.05) is 30.9 Å². The van der Waals surface area contributed by atoms with Gasteiger partial charge in [-0.2, -0.15) is 0 Å². The lowest BCUT2D eigenvalue weighted by atomic mass is 9.89. The number of piperidine rings is 1. The van der Waals surface area contributed by atoms with E-state index in [0.29, 0.717) is 19.3 Å². The highest BCUT2D eigenvalue weighted by atomic mass is 19.1. The highest BCUT2D eigenvalue weighted by molar-refractivity contribution is 6.05. The SMILES string of the molecule is CC(=O)OC1CCC2C1CCC(=O)N2C(=O)c1ccc(F)cc1. The molecule has 5 nitrogen and oxygen atoms in total. The summed E-state index contributed by atoms with van der Waals surface area (Å²) in [6, 6.07) is 4.92. The fourth-order valence-electron chi connectivity index (χ4n) is 3.66. The Balaban J connectivity index is 1.83. The first-order valence-corrected chi connectivity index (χ1v) is 7.76. The summed E-state index contributed by atoms with van der Waals surface area (Å²) in [5.74, 6) is -1.41. The van der Waals surface area contributed by atoms with Crippen LogP contribution in [0.25, 0.3) is 0 Å². The highest BCUT2D eigenvalue weighted by Crippen LogP contribution is 2.39. The van der Waals surface area contributed by atoms with Crippen LogP contribution in [0.2, 0.25) is 0 Å². The second-order valence-corrected chi connectivity index (χ2v) is 6.07. The Morgan fingerprint density at radius 1 is 1.17 bits per heavy atom. The van der Waals surface area contributed by atoms with Crippen LogP contribution in [-0.4, -0.2) is 34.8 Å². The average Bonchev–Trinajstić information content (AvgIpc) is 2.89. The molecule has 1 saturated carbocycles. The number of hydrogen-bond donors (Lipinski definition) is 0. The summed E-state index contributed by atoms with van der Waals surface area (Å²) in [7, 11) is 0. The van der Waals surface area contributed by atoms with Crippen molar-refractivity contribution in [1.82, 2.24) is 4.90 Å². The molecule has 1 aromatic rings. The topological polar surface area (TPSA) is 63.7 Å². The minimum atomic E-state index is -0.430. The van der Waals surface area contributed by atoms with Gasteiger partial charge in [-0.25, -0.2) is 4.39 Å². The highest BCUT2D eigenvalue weighted by Gasteiger charge is 2.47. The molecule has 2 amide bonds. The van der Waals surface area contributed by atoms with Crippen LogP contribution >= 0.6 is 0 Å². The van der Waals surface area contributed by atoms with E-state index in [1.54, 1.807) is 0 Å². The molecule has 1 aliphatic carbocycles. The Morgan fingerprint density at radius 3 is 2.52 bits per heavy atom. The third kappa shape index (κ3) is 2.98. The number of imide groups is 1. The van der Waals surface area contributed by atoms with Gasteiger partial charge in [0.2, 0.25) is 5.91 Å². The van der Waals surface area contributed by atoms with Crippen LogP contribution in [0, 0.1) is 11.7 Å². The summed E-state index contributed by atoms with van der Waals surface area (Å²) < 4.78 is 18.3. The zero-order valence-corrected chi connectivity index (χ0v) is 12.8. The Bertz CT molecular complexity index is 642. The lowest BCUT2D eigenvalue weighted by Gasteiger charge is -2.37. The van der Waals surface area contributed by atoms with Crippen molar-refractivity contribution in [3.63, 3.8) is 0 Å². The largest absolute Gasteiger partial charge is 0.462 e. The van der Waals surface area contributed by atoms with E-state index in [0.717, 1.165) is 0 Å². The summed E-state index contributed by atoms with van der Waals surface area (Å²) in [4.78, 5) is 37.4. The molecular formula is C17H18FNO4. The first-order valence-electron chi connectivity index (χ1n) is 7.76. The van der Waals surface area contributed by atoms with Gasteiger partial charge in [-0.1, -0.05) is 0 Å². The van der Waals surface area contributed by atoms with Gasteiger partial charge >= 0.3 is 5.97 Å². The van der Waals surface area contributed by atoms with Crippen molar-refractivity contribution in [2.75, 3.05) is 0 Å². The molecule has 3 atom stereocenters. The van der Waals surface area contributed by atoms with Crippen molar-refractivity contribution in [1.29, 1.82) is 0 Å². The third-order valence-electron chi connectivity index (χ3n) is 4.64. The fraction of sp³-hybridized carbons (Fsp3) is 0.471. The molecule has 0 radical (unpaired) electrons. The molecule has 0 bridgehead atoms. The van der Waals surface area contributed by atoms with Crippen molar-refractivity contribution >= 4 is 17.8 Å². The van der Waals surface area contributed by atoms with Gasteiger partial charge in [0.05, 0.1) is 0 Å². The van der Waals surface area contributed by atoms with E-state index >= 15 is 0 Å². The van der Waals surface area contributed by atoms with Gasteiger partial charge in [-0.05, 0) is 43.5 Å². The van der Waals surface area contributed by atoms with Crippen LogP contribution in [0.1, 0.15) is 43.0 Å². The van der Waals surface area contributed by atoms with Crippen LogP contribution in [0.5, 0.6) is 0 Å². The second kappa shape index (κ2) is 6.10. The maximum Gasteiger partial charge on any atom is 0.302 e. The molecule has 3 rings (SSSR count). The van der Waals surface area contributed by atoms with Crippen LogP contribution in [0.4, 0.5) is 4.39 Å². The number of halogens is 1. The summed E-state index contributed by atoms with van der Waals surface area (Å²) in [6.45, 7) is 1.36.